The molecule has 9 heteroatoms. The van der Waals surface area contributed by atoms with Gasteiger partial charge in [0.1, 0.15) is 17.5 Å². The van der Waals surface area contributed by atoms with Gasteiger partial charge in [0, 0.05) is 0 Å². The normalized spacial score (nSPS) is 11.8. The van der Waals surface area contributed by atoms with Crippen LogP contribution >= 0.6 is 0 Å². The van der Waals surface area contributed by atoms with Crippen LogP contribution in [-0.4, -0.2) is 25.7 Å². The van der Waals surface area contributed by atoms with Crippen LogP contribution in [0.3, 0.4) is 0 Å². The molecule has 0 aliphatic carbocycles. The Morgan fingerprint density at radius 3 is 2.33 bits per heavy atom. The van der Waals surface area contributed by atoms with E-state index in [1.165, 1.54) is 41.4 Å². The third-order valence-corrected chi connectivity index (χ3v) is 4.52. The van der Waals surface area contributed by atoms with Crippen LogP contribution in [-0.2, 0) is 6.54 Å². The third kappa shape index (κ3) is 4.05. The molecule has 6 nitrogen and oxygen atoms in total. The van der Waals surface area contributed by atoms with Crippen molar-refractivity contribution in [2.75, 3.05) is 0 Å². The van der Waals surface area contributed by atoms with Crippen LogP contribution in [0.5, 0.6) is 5.75 Å². The number of hydrogen-bond acceptors (Lipinski definition) is 4. The van der Waals surface area contributed by atoms with Gasteiger partial charge in [-0.1, -0.05) is 18.2 Å². The average Bonchev–Trinajstić information content (AvgIpc) is 3.08. The number of rotatable bonds is 4. The molecule has 0 spiro atoms. The fourth-order valence-corrected chi connectivity index (χ4v) is 3.32. The zero-order chi connectivity index (χ0) is 21.5. The number of aryl methyl sites for hydroxylation is 2. The molecule has 154 valence electrons. The molecule has 0 radical (unpaired) electrons. The van der Waals surface area contributed by atoms with E-state index in [1.807, 2.05) is 32.0 Å². The molecule has 0 N–H and O–H groups in total. The molecule has 0 aliphatic heterocycles. The van der Waals surface area contributed by atoms with E-state index in [2.05, 4.69) is 14.8 Å². The van der Waals surface area contributed by atoms with Gasteiger partial charge in [0.05, 0.1) is 18.4 Å². The van der Waals surface area contributed by atoms with Crippen LogP contribution in [0.15, 0.2) is 59.8 Å². The molecule has 4 rings (SSSR count). The average molecular weight is 414 g/mol. The topological polar surface area (TPSA) is 61.9 Å². The summed E-state index contributed by atoms with van der Waals surface area (Å²) in [5, 5.41) is 4.68. The molecule has 0 aliphatic rings. The van der Waals surface area contributed by atoms with Crippen LogP contribution in [0, 0.1) is 13.8 Å². The Balaban J connectivity index is 1.64. The molecule has 2 aromatic heterocycles. The van der Waals surface area contributed by atoms with Gasteiger partial charge in [0.25, 0.3) is 5.56 Å². The third-order valence-electron chi connectivity index (χ3n) is 4.52. The summed E-state index contributed by atoms with van der Waals surface area (Å²) in [6.07, 6.45) is -1.87. The van der Waals surface area contributed by atoms with Crippen molar-refractivity contribution in [1.82, 2.24) is 19.3 Å². The number of benzene rings is 2. The van der Waals surface area contributed by atoms with Crippen molar-refractivity contribution >= 4 is 11.0 Å². The molecule has 2 heterocycles. The Morgan fingerprint density at radius 1 is 1.03 bits per heavy atom. The maximum Gasteiger partial charge on any atom is 0.573 e. The lowest BCUT2D eigenvalue weighted by molar-refractivity contribution is -0.274. The van der Waals surface area contributed by atoms with E-state index in [0.717, 1.165) is 16.8 Å². The van der Waals surface area contributed by atoms with Crippen molar-refractivity contribution in [3.63, 3.8) is 0 Å². The highest BCUT2D eigenvalue weighted by Gasteiger charge is 2.30. The molecular weight excluding hydrogens is 397 g/mol. The zero-order valence-electron chi connectivity index (χ0n) is 16.1. The van der Waals surface area contributed by atoms with Gasteiger partial charge >= 0.3 is 6.36 Å². The molecule has 2 aromatic carbocycles. The molecule has 0 unspecified atom stereocenters. The number of nitrogens with zero attached hydrogens (tertiary/aromatic N) is 4. The number of fused-ring (bicyclic) bond motifs is 1. The van der Waals surface area contributed by atoms with Crippen molar-refractivity contribution in [3.8, 4) is 11.4 Å². The monoisotopic (exact) mass is 414 g/mol. The van der Waals surface area contributed by atoms with Crippen molar-refractivity contribution in [1.29, 1.82) is 0 Å². The molecule has 30 heavy (non-hydrogen) atoms. The van der Waals surface area contributed by atoms with Crippen LogP contribution in [0.4, 0.5) is 13.2 Å². The molecule has 0 amide bonds. The fourth-order valence-electron chi connectivity index (χ4n) is 3.32. The Hall–Kier alpha value is -3.62. The minimum atomic E-state index is -4.75. The van der Waals surface area contributed by atoms with E-state index in [1.54, 1.807) is 4.68 Å². The smallest absolute Gasteiger partial charge is 0.406 e. The lowest BCUT2D eigenvalue weighted by Crippen LogP contribution is -2.21. The van der Waals surface area contributed by atoms with Gasteiger partial charge < -0.3 is 4.74 Å². The molecule has 4 aromatic rings. The summed E-state index contributed by atoms with van der Waals surface area (Å²) in [6.45, 7) is 4.12. The lowest BCUT2D eigenvalue weighted by atomic mass is 10.1. The van der Waals surface area contributed by atoms with Gasteiger partial charge in [-0.3, -0.25) is 9.36 Å². The summed E-state index contributed by atoms with van der Waals surface area (Å²) in [5.74, 6) is -0.318. The first-order valence-corrected chi connectivity index (χ1v) is 9.06. The van der Waals surface area contributed by atoms with Crippen molar-refractivity contribution in [2.24, 2.45) is 0 Å². The van der Waals surface area contributed by atoms with Gasteiger partial charge in [0.2, 0.25) is 0 Å². The maximum atomic E-state index is 12.9. The first-order valence-electron chi connectivity index (χ1n) is 9.06. The van der Waals surface area contributed by atoms with Gasteiger partial charge in [0.15, 0.2) is 5.65 Å². The Labute approximate surface area is 169 Å². The summed E-state index contributed by atoms with van der Waals surface area (Å²) in [5.41, 5.74) is 3.74. The molecule has 0 saturated carbocycles. The SMILES string of the molecule is Cc1cc(C)cc(-n2ncc3c(=O)n(Cc4ccc(OC(F)(F)F)cc4)cnc32)c1. The van der Waals surface area contributed by atoms with Gasteiger partial charge in [-0.15, -0.1) is 13.2 Å². The fraction of sp³-hybridized carbons (Fsp3) is 0.190. The molecule has 0 bridgehead atoms. The number of aromatic nitrogens is 4. The van der Waals surface area contributed by atoms with Crippen molar-refractivity contribution < 1.29 is 17.9 Å². The quantitative estimate of drug-likeness (QED) is 0.504. The summed E-state index contributed by atoms with van der Waals surface area (Å²) in [7, 11) is 0. The Bertz CT molecular complexity index is 1250. The predicted molar refractivity (Wildman–Crippen MR) is 105 cm³/mol. The predicted octanol–water partition coefficient (Wildman–Crippen LogP) is 4.15. The second kappa shape index (κ2) is 7.33. The molecular formula is C21H17F3N4O2. The highest BCUT2D eigenvalue weighted by molar-refractivity contribution is 5.75. The van der Waals surface area contributed by atoms with E-state index < -0.39 is 6.36 Å². The first kappa shape index (κ1) is 19.7. The van der Waals surface area contributed by atoms with Crippen molar-refractivity contribution in [3.05, 3.63) is 82.0 Å². The standard InChI is InChI=1S/C21H17F3N4O2/c1-13-7-14(2)9-16(8-13)28-19-18(10-26-28)20(29)27(12-25-19)11-15-3-5-17(6-4-15)30-21(22,23)24/h3-10,12H,11H2,1-2H3. The minimum Gasteiger partial charge on any atom is -0.406 e. The van der Waals surface area contributed by atoms with Crippen molar-refractivity contribution in [2.45, 2.75) is 26.8 Å². The highest BCUT2D eigenvalue weighted by atomic mass is 19.4. The Kier molecular flexibility index (Phi) is 4.81. The molecule has 0 saturated heterocycles. The largest absolute Gasteiger partial charge is 0.573 e. The summed E-state index contributed by atoms with van der Waals surface area (Å²) in [6, 6.07) is 11.3. The molecule has 0 atom stereocenters. The van der Waals surface area contributed by atoms with E-state index >= 15 is 0 Å². The zero-order valence-corrected chi connectivity index (χ0v) is 16.1. The van der Waals surface area contributed by atoms with E-state index in [9.17, 15) is 18.0 Å². The second-order valence-electron chi connectivity index (χ2n) is 7.01. The lowest BCUT2D eigenvalue weighted by Gasteiger charge is -2.10. The summed E-state index contributed by atoms with van der Waals surface area (Å²) >= 11 is 0. The highest BCUT2D eigenvalue weighted by Crippen LogP contribution is 2.23. The second-order valence-corrected chi connectivity index (χ2v) is 7.01. The van der Waals surface area contributed by atoms with Crippen LogP contribution in [0.25, 0.3) is 16.7 Å². The van der Waals surface area contributed by atoms with Gasteiger partial charge in [-0.05, 0) is 54.8 Å². The number of halogens is 3. The Morgan fingerprint density at radius 2 is 1.70 bits per heavy atom. The molecule has 0 fully saturated rings. The number of alkyl halides is 3. The summed E-state index contributed by atoms with van der Waals surface area (Å²) in [4.78, 5) is 17.3. The van der Waals surface area contributed by atoms with E-state index in [0.29, 0.717) is 16.6 Å². The van der Waals surface area contributed by atoms with Crippen LogP contribution in [0.2, 0.25) is 0 Å². The van der Waals surface area contributed by atoms with Crippen LogP contribution < -0.4 is 10.3 Å². The minimum absolute atomic E-state index is 0.156. The van der Waals surface area contributed by atoms with Crippen LogP contribution in [0.1, 0.15) is 16.7 Å². The maximum absolute atomic E-state index is 12.9. The number of ether oxygens (including phenoxy) is 1. The van der Waals surface area contributed by atoms with Gasteiger partial charge in [-0.25, -0.2) is 9.67 Å². The van der Waals surface area contributed by atoms with Gasteiger partial charge in [-0.2, -0.15) is 5.10 Å². The van der Waals surface area contributed by atoms with E-state index in [4.69, 9.17) is 0 Å². The first-order chi connectivity index (χ1) is 14.2. The van der Waals surface area contributed by atoms with E-state index in [-0.39, 0.29) is 17.9 Å². The number of hydrogen-bond donors (Lipinski definition) is 0. The summed E-state index contributed by atoms with van der Waals surface area (Å²) < 4.78 is 43.7.